The Morgan fingerprint density at radius 3 is 2.00 bits per heavy atom. The summed E-state index contributed by atoms with van der Waals surface area (Å²) in [5, 5.41) is 0. The maximum absolute atomic E-state index is 12.4. The van der Waals surface area contributed by atoms with Crippen LogP contribution in [-0.4, -0.2) is 55.9 Å². The SMILES string of the molecule is CC[C@H]1O[C@H](OCCCOC(=O)Oc2c(C(C)C)cccc2C(C)C)[C@H](OC(C)=O)[C@@H](OC(C)=O)[C@@H]1C. The molecular formula is C28H42O9. The number of esters is 2. The Morgan fingerprint density at radius 1 is 0.919 bits per heavy atom. The first kappa shape index (κ1) is 30.6. The molecule has 9 nitrogen and oxygen atoms in total. The van der Waals surface area contributed by atoms with Gasteiger partial charge in [0.1, 0.15) is 11.9 Å². The van der Waals surface area contributed by atoms with Crippen molar-refractivity contribution in [2.24, 2.45) is 5.92 Å². The van der Waals surface area contributed by atoms with Crippen LogP contribution >= 0.6 is 0 Å². The molecule has 208 valence electrons. The summed E-state index contributed by atoms with van der Waals surface area (Å²) in [5.74, 6) is -0.293. The van der Waals surface area contributed by atoms with Crippen molar-refractivity contribution in [3.63, 3.8) is 0 Å². The number of para-hydroxylation sites is 1. The lowest BCUT2D eigenvalue weighted by Gasteiger charge is -2.43. The van der Waals surface area contributed by atoms with E-state index < -0.39 is 36.6 Å². The van der Waals surface area contributed by atoms with Crippen molar-refractivity contribution in [2.45, 2.75) is 105 Å². The number of carbonyl (C=O) groups excluding carboxylic acids is 3. The second-order valence-electron chi connectivity index (χ2n) is 9.96. The van der Waals surface area contributed by atoms with Gasteiger partial charge in [0, 0.05) is 26.2 Å². The number of hydrogen-bond donors (Lipinski definition) is 0. The lowest BCUT2D eigenvalue weighted by atomic mass is 9.89. The minimum Gasteiger partial charge on any atom is -0.458 e. The molecule has 0 bridgehead atoms. The van der Waals surface area contributed by atoms with Crippen LogP contribution in [0.15, 0.2) is 18.2 Å². The molecule has 1 aromatic rings. The van der Waals surface area contributed by atoms with E-state index in [1.54, 1.807) is 0 Å². The fourth-order valence-corrected chi connectivity index (χ4v) is 4.45. The van der Waals surface area contributed by atoms with Crippen LogP contribution in [0.25, 0.3) is 0 Å². The second kappa shape index (κ2) is 14.3. The average Bonchev–Trinajstić information content (AvgIpc) is 2.81. The van der Waals surface area contributed by atoms with Crippen LogP contribution in [0.1, 0.15) is 91.2 Å². The van der Waals surface area contributed by atoms with Gasteiger partial charge < -0.3 is 28.4 Å². The molecule has 1 fully saturated rings. The minimum absolute atomic E-state index is 0.0611. The van der Waals surface area contributed by atoms with Gasteiger partial charge in [0.2, 0.25) is 0 Å². The standard InChI is InChI=1S/C28H42O9/c1-9-23-18(6)24(34-19(7)29)26(35-20(8)30)27(36-23)32-14-11-15-33-28(31)37-25-21(16(2)3)12-10-13-22(25)17(4)5/h10,12-13,16-18,23-24,26-27H,9,11,14-15H2,1-8H3/t18-,23-,24+,26-,27+/m1/s1. The van der Waals surface area contributed by atoms with Gasteiger partial charge in [-0.3, -0.25) is 9.59 Å². The molecule has 0 amide bonds. The van der Waals surface area contributed by atoms with Crippen LogP contribution < -0.4 is 4.74 Å². The molecule has 0 radical (unpaired) electrons. The van der Waals surface area contributed by atoms with Gasteiger partial charge in [-0.15, -0.1) is 0 Å². The van der Waals surface area contributed by atoms with Gasteiger partial charge in [0.25, 0.3) is 0 Å². The zero-order chi connectivity index (χ0) is 27.7. The number of benzene rings is 1. The molecule has 1 aromatic carbocycles. The van der Waals surface area contributed by atoms with Crippen LogP contribution in [0.2, 0.25) is 0 Å². The van der Waals surface area contributed by atoms with Crippen LogP contribution in [-0.2, 0) is 33.3 Å². The molecule has 1 aliphatic rings. The monoisotopic (exact) mass is 522 g/mol. The first-order valence-corrected chi connectivity index (χ1v) is 13.0. The maximum Gasteiger partial charge on any atom is 0.513 e. The Labute approximate surface area is 220 Å². The average molecular weight is 523 g/mol. The van der Waals surface area contributed by atoms with E-state index in [-0.39, 0.29) is 37.1 Å². The van der Waals surface area contributed by atoms with Crippen molar-refractivity contribution in [1.82, 2.24) is 0 Å². The van der Waals surface area contributed by atoms with Crippen LogP contribution in [0.3, 0.4) is 0 Å². The summed E-state index contributed by atoms with van der Waals surface area (Å²) >= 11 is 0. The molecule has 0 aromatic heterocycles. The van der Waals surface area contributed by atoms with Crippen LogP contribution in [0, 0.1) is 5.92 Å². The first-order valence-electron chi connectivity index (χ1n) is 13.0. The number of hydrogen-bond acceptors (Lipinski definition) is 9. The third-order valence-corrected chi connectivity index (χ3v) is 6.31. The summed E-state index contributed by atoms with van der Waals surface area (Å²) in [5.41, 5.74) is 1.89. The smallest absolute Gasteiger partial charge is 0.458 e. The van der Waals surface area contributed by atoms with Crippen LogP contribution in [0.4, 0.5) is 4.79 Å². The minimum atomic E-state index is -0.923. The van der Waals surface area contributed by atoms with Crippen molar-refractivity contribution in [3.05, 3.63) is 29.3 Å². The Bertz CT molecular complexity index is 885. The zero-order valence-electron chi connectivity index (χ0n) is 23.3. The molecule has 0 aliphatic carbocycles. The topological polar surface area (TPSA) is 107 Å². The highest BCUT2D eigenvalue weighted by atomic mass is 16.7. The second-order valence-corrected chi connectivity index (χ2v) is 9.96. The van der Waals surface area contributed by atoms with E-state index in [9.17, 15) is 14.4 Å². The van der Waals surface area contributed by atoms with Crippen LogP contribution in [0.5, 0.6) is 5.75 Å². The molecule has 1 aliphatic heterocycles. The molecule has 0 N–H and O–H groups in total. The van der Waals surface area contributed by atoms with Crippen molar-refractivity contribution in [1.29, 1.82) is 0 Å². The highest BCUT2D eigenvalue weighted by Crippen LogP contribution is 2.35. The van der Waals surface area contributed by atoms with Crippen molar-refractivity contribution in [2.75, 3.05) is 13.2 Å². The van der Waals surface area contributed by atoms with Crippen molar-refractivity contribution >= 4 is 18.1 Å². The van der Waals surface area contributed by atoms with Gasteiger partial charge >= 0.3 is 18.1 Å². The van der Waals surface area contributed by atoms with Gasteiger partial charge in [0.05, 0.1) is 19.3 Å². The summed E-state index contributed by atoms with van der Waals surface area (Å²) in [7, 11) is 0. The summed E-state index contributed by atoms with van der Waals surface area (Å²) < 4.78 is 33.7. The normalized spacial score (nSPS) is 23.6. The molecule has 1 saturated heterocycles. The molecule has 37 heavy (non-hydrogen) atoms. The van der Waals surface area contributed by atoms with E-state index in [1.807, 2.05) is 59.7 Å². The fraction of sp³-hybridized carbons (Fsp3) is 0.679. The molecule has 0 saturated carbocycles. The first-order chi connectivity index (χ1) is 17.5. The molecule has 5 atom stereocenters. The Hall–Kier alpha value is -2.65. The lowest BCUT2D eigenvalue weighted by molar-refractivity contribution is -0.290. The maximum atomic E-state index is 12.4. The van der Waals surface area contributed by atoms with E-state index in [4.69, 9.17) is 28.4 Å². The summed E-state index contributed by atoms with van der Waals surface area (Å²) in [6.07, 6.45) is -2.54. The van der Waals surface area contributed by atoms with E-state index in [1.165, 1.54) is 13.8 Å². The predicted octanol–water partition coefficient (Wildman–Crippen LogP) is 5.49. The molecule has 2 rings (SSSR count). The van der Waals surface area contributed by atoms with Gasteiger partial charge in [0.15, 0.2) is 12.4 Å². The van der Waals surface area contributed by atoms with Crippen molar-refractivity contribution in [3.8, 4) is 5.75 Å². The van der Waals surface area contributed by atoms with Gasteiger partial charge in [-0.2, -0.15) is 0 Å². The van der Waals surface area contributed by atoms with E-state index in [2.05, 4.69) is 0 Å². The number of carbonyl (C=O) groups is 3. The molecular weight excluding hydrogens is 480 g/mol. The molecule has 1 heterocycles. The lowest BCUT2D eigenvalue weighted by Crippen LogP contribution is -2.57. The van der Waals surface area contributed by atoms with E-state index in [0.717, 1.165) is 11.1 Å². The summed E-state index contributed by atoms with van der Waals surface area (Å²) in [4.78, 5) is 35.9. The number of ether oxygens (including phenoxy) is 6. The Kier molecular flexibility index (Phi) is 11.8. The molecule has 0 spiro atoms. The molecule has 0 unspecified atom stereocenters. The highest BCUT2D eigenvalue weighted by Gasteiger charge is 2.47. The van der Waals surface area contributed by atoms with Gasteiger partial charge in [-0.25, -0.2) is 4.79 Å². The zero-order valence-corrected chi connectivity index (χ0v) is 23.3. The third-order valence-electron chi connectivity index (χ3n) is 6.31. The van der Waals surface area contributed by atoms with E-state index >= 15 is 0 Å². The van der Waals surface area contributed by atoms with Gasteiger partial charge in [-0.1, -0.05) is 59.7 Å². The quantitative estimate of drug-likeness (QED) is 0.161. The summed E-state index contributed by atoms with van der Waals surface area (Å²) in [6, 6.07) is 5.86. The third kappa shape index (κ3) is 8.71. The Balaban J connectivity index is 1.96. The number of rotatable bonds is 11. The van der Waals surface area contributed by atoms with Crippen molar-refractivity contribution < 1.29 is 42.8 Å². The molecule has 9 heteroatoms. The highest BCUT2D eigenvalue weighted by molar-refractivity contribution is 5.67. The predicted molar refractivity (Wildman–Crippen MR) is 136 cm³/mol. The van der Waals surface area contributed by atoms with Gasteiger partial charge in [-0.05, 0) is 29.4 Å². The largest absolute Gasteiger partial charge is 0.513 e. The Morgan fingerprint density at radius 2 is 1.49 bits per heavy atom. The van der Waals surface area contributed by atoms with E-state index in [0.29, 0.717) is 18.6 Å². The fourth-order valence-electron chi connectivity index (χ4n) is 4.45. The summed E-state index contributed by atoms with van der Waals surface area (Å²) in [6.45, 7) is 14.8.